The molecule has 3 amide bonds. The molecule has 0 radical (unpaired) electrons. The molecule has 0 saturated heterocycles. The van der Waals surface area contributed by atoms with Gasteiger partial charge in [0.2, 0.25) is 17.7 Å². The fourth-order valence-corrected chi connectivity index (χ4v) is 1.10. The van der Waals surface area contributed by atoms with E-state index in [0.29, 0.717) is 0 Å². The van der Waals surface area contributed by atoms with Crippen LogP contribution in [0.4, 0.5) is 0 Å². The van der Waals surface area contributed by atoms with Gasteiger partial charge in [0.1, 0.15) is 6.04 Å². The maximum Gasteiger partial charge on any atom is 0.242 e. The largest absolute Gasteiger partial charge is 0.370 e. The summed E-state index contributed by atoms with van der Waals surface area (Å²) in [6.45, 7) is 5.16. The van der Waals surface area contributed by atoms with E-state index < -0.39 is 23.9 Å². The van der Waals surface area contributed by atoms with E-state index >= 15 is 0 Å². The summed E-state index contributed by atoms with van der Waals surface area (Å²) in [4.78, 5) is 33.5. The highest BCUT2D eigenvalue weighted by atomic mass is 16.2. The number of nitrogens with one attached hydrogen (secondary N) is 2. The zero-order chi connectivity index (χ0) is 13.6. The average molecular weight is 244 g/mol. The number of primary amides is 1. The van der Waals surface area contributed by atoms with Gasteiger partial charge in [-0.2, -0.15) is 0 Å². The van der Waals surface area contributed by atoms with E-state index in [9.17, 15) is 14.4 Å². The van der Waals surface area contributed by atoms with Crippen molar-refractivity contribution in [1.29, 1.82) is 0 Å². The van der Waals surface area contributed by atoms with Crippen LogP contribution in [0, 0.1) is 0 Å². The third-order valence-electron chi connectivity index (χ3n) is 1.94. The van der Waals surface area contributed by atoms with Gasteiger partial charge in [0.15, 0.2) is 0 Å². The van der Waals surface area contributed by atoms with Gasteiger partial charge in [-0.3, -0.25) is 14.4 Å². The van der Waals surface area contributed by atoms with E-state index in [1.165, 1.54) is 6.92 Å². The van der Waals surface area contributed by atoms with E-state index in [-0.39, 0.29) is 18.4 Å². The molecule has 0 aliphatic carbocycles. The zero-order valence-corrected chi connectivity index (χ0v) is 10.3. The molecule has 0 saturated carbocycles. The van der Waals surface area contributed by atoms with Crippen molar-refractivity contribution in [3.63, 3.8) is 0 Å². The van der Waals surface area contributed by atoms with Crippen LogP contribution in [0.5, 0.6) is 0 Å². The molecule has 0 bridgehead atoms. The van der Waals surface area contributed by atoms with Crippen LogP contribution in [0.3, 0.4) is 0 Å². The number of nitrogens with two attached hydrogens (primary N) is 2. The molecule has 0 spiro atoms. The van der Waals surface area contributed by atoms with Gasteiger partial charge in [-0.25, -0.2) is 0 Å². The Morgan fingerprint density at radius 2 is 1.59 bits per heavy atom. The minimum Gasteiger partial charge on any atom is -0.370 e. The van der Waals surface area contributed by atoms with Crippen LogP contribution < -0.4 is 22.1 Å². The Balaban J connectivity index is 4.19. The molecule has 0 aromatic carbocycles. The van der Waals surface area contributed by atoms with Crippen molar-refractivity contribution in [3.05, 3.63) is 0 Å². The smallest absolute Gasteiger partial charge is 0.242 e. The lowest BCUT2D eigenvalue weighted by Gasteiger charge is -2.18. The molecule has 98 valence electrons. The summed E-state index contributed by atoms with van der Waals surface area (Å²) in [5, 5.41) is 5.05. The topological polar surface area (TPSA) is 127 Å². The molecule has 0 aromatic heterocycles. The number of carbonyl (C=O) groups excluding carboxylic acids is 3. The number of amides is 3. The summed E-state index contributed by atoms with van der Waals surface area (Å²) in [6, 6.07) is -1.74. The highest BCUT2D eigenvalue weighted by molar-refractivity contribution is 5.91. The van der Waals surface area contributed by atoms with E-state index in [0.717, 1.165) is 0 Å². The molecule has 0 aliphatic heterocycles. The van der Waals surface area contributed by atoms with Gasteiger partial charge in [0, 0.05) is 6.04 Å². The maximum atomic E-state index is 11.5. The van der Waals surface area contributed by atoms with Crippen molar-refractivity contribution in [1.82, 2.24) is 10.6 Å². The van der Waals surface area contributed by atoms with Gasteiger partial charge in [-0.15, -0.1) is 0 Å². The molecule has 2 atom stereocenters. The van der Waals surface area contributed by atoms with Crippen molar-refractivity contribution in [2.24, 2.45) is 11.5 Å². The summed E-state index contributed by atoms with van der Waals surface area (Å²) in [6.07, 6.45) is -0.246. The fraction of sp³-hybridized carbons (Fsp3) is 0.700. The fourth-order valence-electron chi connectivity index (χ4n) is 1.10. The van der Waals surface area contributed by atoms with Crippen LogP contribution in [0.25, 0.3) is 0 Å². The monoisotopic (exact) mass is 244 g/mol. The Kier molecular flexibility index (Phi) is 6.19. The second-order valence-corrected chi connectivity index (χ2v) is 4.17. The van der Waals surface area contributed by atoms with Crippen molar-refractivity contribution in [2.45, 2.75) is 45.3 Å². The van der Waals surface area contributed by atoms with Crippen LogP contribution in [0.15, 0.2) is 0 Å². The molecule has 0 heterocycles. The Hall–Kier alpha value is -1.63. The molecule has 0 fully saturated rings. The lowest BCUT2D eigenvalue weighted by Crippen LogP contribution is -2.52. The third-order valence-corrected chi connectivity index (χ3v) is 1.94. The van der Waals surface area contributed by atoms with Crippen LogP contribution in [0.1, 0.15) is 27.2 Å². The molecule has 7 heteroatoms. The van der Waals surface area contributed by atoms with Crippen LogP contribution in [0.2, 0.25) is 0 Å². The Labute approximate surface area is 100 Å². The quantitative estimate of drug-likeness (QED) is 0.440. The lowest BCUT2D eigenvalue weighted by molar-refractivity contribution is -0.130. The first-order valence-electron chi connectivity index (χ1n) is 5.38. The summed E-state index contributed by atoms with van der Waals surface area (Å²) in [5.74, 6) is -1.54. The van der Waals surface area contributed by atoms with E-state index in [1.54, 1.807) is 0 Å². The number of hydrogen-bond donors (Lipinski definition) is 4. The van der Waals surface area contributed by atoms with E-state index in [4.69, 9.17) is 11.5 Å². The Morgan fingerprint density at radius 1 is 1.06 bits per heavy atom. The van der Waals surface area contributed by atoms with Crippen molar-refractivity contribution >= 4 is 17.7 Å². The Morgan fingerprint density at radius 3 is 2.00 bits per heavy atom. The van der Waals surface area contributed by atoms with Gasteiger partial charge in [-0.1, -0.05) is 0 Å². The number of carbonyl (C=O) groups is 3. The van der Waals surface area contributed by atoms with Gasteiger partial charge in [0.25, 0.3) is 0 Å². The van der Waals surface area contributed by atoms with Crippen molar-refractivity contribution in [2.75, 3.05) is 0 Å². The summed E-state index contributed by atoms with van der Waals surface area (Å²) < 4.78 is 0. The summed E-state index contributed by atoms with van der Waals surface area (Å²) in [7, 11) is 0. The van der Waals surface area contributed by atoms with Crippen molar-refractivity contribution in [3.8, 4) is 0 Å². The SMILES string of the molecule is CC(C)NC(=O)C(C)NC(=O)C(N)CC(N)=O. The molecular formula is C10H20N4O3. The van der Waals surface area contributed by atoms with Crippen LogP contribution in [-0.4, -0.2) is 35.8 Å². The van der Waals surface area contributed by atoms with Gasteiger partial charge >= 0.3 is 0 Å². The van der Waals surface area contributed by atoms with Crippen molar-refractivity contribution < 1.29 is 14.4 Å². The lowest BCUT2D eigenvalue weighted by atomic mass is 10.2. The van der Waals surface area contributed by atoms with Crippen LogP contribution in [-0.2, 0) is 14.4 Å². The summed E-state index contributed by atoms with van der Waals surface area (Å²) >= 11 is 0. The standard InChI is InChI=1S/C10H20N4O3/c1-5(2)13-9(16)6(3)14-10(17)7(11)4-8(12)15/h5-7H,4,11H2,1-3H3,(H2,12,15)(H,13,16)(H,14,17). The first kappa shape index (κ1) is 15.4. The minimum atomic E-state index is -1.03. The number of rotatable bonds is 6. The normalized spacial score (nSPS) is 13.9. The highest BCUT2D eigenvalue weighted by Crippen LogP contribution is 1.91. The first-order valence-corrected chi connectivity index (χ1v) is 5.38. The molecule has 6 N–H and O–H groups in total. The predicted octanol–water partition coefficient (Wildman–Crippen LogP) is -1.78. The van der Waals surface area contributed by atoms with Gasteiger partial charge in [0.05, 0.1) is 12.5 Å². The molecule has 0 rings (SSSR count). The molecule has 0 aliphatic rings. The second kappa shape index (κ2) is 6.85. The van der Waals surface area contributed by atoms with E-state index in [2.05, 4.69) is 10.6 Å². The van der Waals surface area contributed by atoms with E-state index in [1.807, 2.05) is 13.8 Å². The van der Waals surface area contributed by atoms with Gasteiger partial charge in [-0.05, 0) is 20.8 Å². The maximum absolute atomic E-state index is 11.5. The molecule has 17 heavy (non-hydrogen) atoms. The molecule has 0 aromatic rings. The van der Waals surface area contributed by atoms with Gasteiger partial charge < -0.3 is 22.1 Å². The average Bonchev–Trinajstić information content (AvgIpc) is 2.15. The minimum absolute atomic E-state index is 0.0128. The molecule has 2 unspecified atom stereocenters. The Bertz CT molecular complexity index is 304. The first-order chi connectivity index (χ1) is 7.73. The highest BCUT2D eigenvalue weighted by Gasteiger charge is 2.21. The zero-order valence-electron chi connectivity index (χ0n) is 10.3. The molecular weight excluding hydrogens is 224 g/mol. The third kappa shape index (κ3) is 6.52. The summed E-state index contributed by atoms with van der Waals surface area (Å²) in [5.41, 5.74) is 10.3. The van der Waals surface area contributed by atoms with Crippen LogP contribution >= 0.6 is 0 Å². The molecule has 7 nitrogen and oxygen atoms in total. The second-order valence-electron chi connectivity index (χ2n) is 4.17. The number of hydrogen-bond acceptors (Lipinski definition) is 4. The predicted molar refractivity (Wildman–Crippen MR) is 62.7 cm³/mol.